The first-order chi connectivity index (χ1) is 18.0. The van der Waals surface area contributed by atoms with Crippen molar-refractivity contribution in [1.82, 2.24) is 19.9 Å². The fourth-order valence-electron chi connectivity index (χ4n) is 3.32. The van der Waals surface area contributed by atoms with Gasteiger partial charge in [0.1, 0.15) is 5.75 Å². The summed E-state index contributed by atoms with van der Waals surface area (Å²) in [5.41, 5.74) is 7.13. The quantitative estimate of drug-likeness (QED) is 0.420. The molecule has 1 aliphatic rings. The molecule has 1 fully saturated rings. The number of alkyl halides is 8. The Kier molecular flexibility index (Phi) is 13.0. The molecule has 0 aliphatic carbocycles. The average molecular weight is 579 g/mol. The van der Waals surface area contributed by atoms with E-state index in [1.807, 2.05) is 23.0 Å². The fraction of sp³-hybridized carbons (Fsp3) is 0.524. The van der Waals surface area contributed by atoms with Crippen molar-refractivity contribution in [3.63, 3.8) is 0 Å². The summed E-state index contributed by atoms with van der Waals surface area (Å²) in [5.74, 6) is -4.81. The number of carbonyl (C=O) groups is 2. The highest BCUT2D eigenvalue weighted by Crippen LogP contribution is 2.25. The van der Waals surface area contributed by atoms with Crippen molar-refractivity contribution in [2.24, 2.45) is 11.7 Å². The van der Waals surface area contributed by atoms with E-state index < -0.39 is 30.9 Å². The van der Waals surface area contributed by atoms with Crippen LogP contribution in [0.15, 0.2) is 30.5 Å². The molecule has 1 aromatic carbocycles. The maximum Gasteiger partial charge on any atom is 0.490 e. The van der Waals surface area contributed by atoms with Crippen LogP contribution in [-0.2, 0) is 29.2 Å². The molecular weight excluding hydrogens is 554 g/mol. The van der Waals surface area contributed by atoms with Crippen molar-refractivity contribution in [3.8, 4) is 5.75 Å². The molecule has 1 atom stereocenters. The molecule has 2 heterocycles. The number of benzene rings is 1. The third-order valence-corrected chi connectivity index (χ3v) is 4.91. The van der Waals surface area contributed by atoms with E-state index in [-0.39, 0.29) is 5.75 Å². The zero-order valence-electron chi connectivity index (χ0n) is 20.0. The van der Waals surface area contributed by atoms with Crippen LogP contribution in [0.25, 0.3) is 0 Å². The number of ether oxygens (including phenoxy) is 1. The van der Waals surface area contributed by atoms with Gasteiger partial charge in [-0.1, -0.05) is 23.4 Å². The molecule has 0 amide bonds. The standard InChI is InChI=1S/C17H23F2N5O.2C2HF3O2/c18-17(19)25-16-6-2-1-5-14(16)11-23-7-3-4-13(9-23)10-24-12-15(8-20)21-22-24;2*3-2(4,5)1(6)7/h1-2,5-6,12-13,17H,3-4,7-11,20H2;2*(H,6,7). The van der Waals surface area contributed by atoms with Crippen molar-refractivity contribution >= 4 is 11.9 Å². The van der Waals surface area contributed by atoms with E-state index in [0.29, 0.717) is 19.0 Å². The Balaban J connectivity index is 0.000000449. The van der Waals surface area contributed by atoms with Crippen LogP contribution in [0.2, 0.25) is 0 Å². The molecule has 39 heavy (non-hydrogen) atoms. The molecule has 18 heteroatoms. The van der Waals surface area contributed by atoms with Gasteiger partial charge in [-0.3, -0.25) is 9.58 Å². The Hall–Kier alpha value is -3.54. The summed E-state index contributed by atoms with van der Waals surface area (Å²) in [7, 11) is 0. The van der Waals surface area contributed by atoms with E-state index in [4.69, 9.17) is 25.5 Å². The van der Waals surface area contributed by atoms with Crippen LogP contribution in [0.5, 0.6) is 5.75 Å². The van der Waals surface area contributed by atoms with Crippen LogP contribution in [0.3, 0.4) is 0 Å². The number of para-hydroxylation sites is 1. The Morgan fingerprint density at radius 1 is 1.08 bits per heavy atom. The number of carboxylic acids is 2. The Morgan fingerprint density at radius 2 is 1.64 bits per heavy atom. The van der Waals surface area contributed by atoms with Gasteiger partial charge >= 0.3 is 30.9 Å². The topological polar surface area (TPSA) is 144 Å². The number of piperidine rings is 1. The molecule has 0 saturated carbocycles. The van der Waals surface area contributed by atoms with E-state index in [9.17, 15) is 35.1 Å². The van der Waals surface area contributed by atoms with Crippen LogP contribution < -0.4 is 10.5 Å². The molecule has 0 spiro atoms. The number of hydrogen-bond donors (Lipinski definition) is 3. The molecular formula is C21H25F8N5O5. The average Bonchev–Trinajstić information content (AvgIpc) is 3.27. The molecule has 0 bridgehead atoms. The normalized spacial score (nSPS) is 16.0. The fourth-order valence-corrected chi connectivity index (χ4v) is 3.32. The van der Waals surface area contributed by atoms with Crippen LogP contribution in [-0.4, -0.2) is 74.1 Å². The third-order valence-electron chi connectivity index (χ3n) is 4.91. The second-order valence-electron chi connectivity index (χ2n) is 7.97. The molecule has 10 nitrogen and oxygen atoms in total. The molecule has 4 N–H and O–H groups in total. The molecule has 220 valence electrons. The minimum atomic E-state index is -5.08. The van der Waals surface area contributed by atoms with Crippen molar-refractivity contribution in [2.45, 2.75) is 51.4 Å². The summed E-state index contributed by atoms with van der Waals surface area (Å²) < 4.78 is 95.0. The highest BCUT2D eigenvalue weighted by molar-refractivity contribution is 5.73. The largest absolute Gasteiger partial charge is 0.490 e. The van der Waals surface area contributed by atoms with E-state index in [1.165, 1.54) is 0 Å². The Morgan fingerprint density at radius 3 is 2.13 bits per heavy atom. The van der Waals surface area contributed by atoms with Gasteiger partial charge in [-0.05, 0) is 31.4 Å². The molecule has 1 unspecified atom stereocenters. The van der Waals surface area contributed by atoms with Crippen LogP contribution in [0, 0.1) is 5.92 Å². The van der Waals surface area contributed by atoms with Gasteiger partial charge in [-0.2, -0.15) is 35.1 Å². The Bertz CT molecular complexity index is 1020. The minimum Gasteiger partial charge on any atom is -0.475 e. The molecule has 1 aromatic heterocycles. The maximum absolute atomic E-state index is 12.6. The molecule has 2 aromatic rings. The second kappa shape index (κ2) is 15.2. The lowest BCUT2D eigenvalue weighted by Crippen LogP contribution is -2.36. The van der Waals surface area contributed by atoms with E-state index in [0.717, 1.165) is 43.7 Å². The predicted molar refractivity (Wildman–Crippen MR) is 116 cm³/mol. The van der Waals surface area contributed by atoms with Crippen LogP contribution >= 0.6 is 0 Å². The van der Waals surface area contributed by atoms with Gasteiger partial charge in [0.25, 0.3) is 0 Å². The zero-order valence-corrected chi connectivity index (χ0v) is 20.0. The summed E-state index contributed by atoms with van der Waals surface area (Å²) in [5, 5.41) is 22.4. The van der Waals surface area contributed by atoms with Crippen molar-refractivity contribution in [1.29, 1.82) is 0 Å². The summed E-state index contributed by atoms with van der Waals surface area (Å²) >= 11 is 0. The first kappa shape index (κ1) is 33.5. The number of hydrogen-bond acceptors (Lipinski definition) is 7. The first-order valence-electron chi connectivity index (χ1n) is 11.0. The third kappa shape index (κ3) is 13.2. The summed E-state index contributed by atoms with van der Waals surface area (Å²) in [4.78, 5) is 20.1. The van der Waals surface area contributed by atoms with E-state index >= 15 is 0 Å². The lowest BCUT2D eigenvalue weighted by atomic mass is 9.97. The van der Waals surface area contributed by atoms with Gasteiger partial charge in [0, 0.05) is 37.9 Å². The summed E-state index contributed by atoms with van der Waals surface area (Å²) in [6.07, 6.45) is -6.10. The van der Waals surface area contributed by atoms with Crippen molar-refractivity contribution in [2.75, 3.05) is 13.1 Å². The van der Waals surface area contributed by atoms with E-state index in [1.54, 1.807) is 12.1 Å². The van der Waals surface area contributed by atoms with Crippen molar-refractivity contribution < 1.29 is 59.7 Å². The number of halogens is 8. The number of aromatic nitrogens is 3. The number of nitrogens with zero attached hydrogens (tertiary/aromatic N) is 4. The SMILES string of the molecule is NCc1cn(CC2CCCN(Cc3ccccc3OC(F)F)C2)nn1.O=C(O)C(F)(F)F.O=C(O)C(F)(F)F. The Labute approximate surface area is 215 Å². The summed E-state index contributed by atoms with van der Waals surface area (Å²) in [6.45, 7) is 0.812. The van der Waals surface area contributed by atoms with Gasteiger partial charge < -0.3 is 20.7 Å². The first-order valence-corrected chi connectivity index (χ1v) is 11.0. The van der Waals surface area contributed by atoms with Crippen LogP contribution in [0.4, 0.5) is 35.1 Å². The number of carboxylic acid groups (broad SMARTS) is 2. The zero-order chi connectivity index (χ0) is 29.8. The van der Waals surface area contributed by atoms with Crippen molar-refractivity contribution in [3.05, 3.63) is 41.7 Å². The van der Waals surface area contributed by atoms with Crippen LogP contribution in [0.1, 0.15) is 24.1 Å². The number of nitrogens with two attached hydrogens (primary N) is 1. The van der Waals surface area contributed by atoms with E-state index in [2.05, 4.69) is 19.9 Å². The van der Waals surface area contributed by atoms with Gasteiger partial charge in [0.15, 0.2) is 0 Å². The number of rotatable bonds is 7. The highest BCUT2D eigenvalue weighted by atomic mass is 19.4. The molecule has 1 saturated heterocycles. The molecule has 3 rings (SSSR count). The van der Waals surface area contributed by atoms with Gasteiger partial charge in [0.05, 0.1) is 5.69 Å². The molecule has 1 aliphatic heterocycles. The van der Waals surface area contributed by atoms with Gasteiger partial charge in [0.2, 0.25) is 0 Å². The highest BCUT2D eigenvalue weighted by Gasteiger charge is 2.38. The second-order valence-corrected chi connectivity index (χ2v) is 7.97. The number of aliphatic carboxylic acids is 2. The predicted octanol–water partition coefficient (Wildman–Crippen LogP) is 3.52. The minimum absolute atomic E-state index is 0.253. The number of likely N-dealkylation sites (tertiary alicyclic amines) is 1. The summed E-state index contributed by atoms with van der Waals surface area (Å²) in [6, 6.07) is 6.98. The maximum atomic E-state index is 12.6. The van der Waals surface area contributed by atoms with Gasteiger partial charge in [-0.15, -0.1) is 5.10 Å². The molecule has 0 radical (unpaired) electrons. The monoisotopic (exact) mass is 579 g/mol. The smallest absolute Gasteiger partial charge is 0.475 e. The lowest BCUT2D eigenvalue weighted by Gasteiger charge is -2.33. The lowest BCUT2D eigenvalue weighted by molar-refractivity contribution is -0.193. The van der Waals surface area contributed by atoms with Gasteiger partial charge in [-0.25, -0.2) is 9.59 Å².